The number of carboxylic acid groups (broad SMARTS) is 1. The van der Waals surface area contributed by atoms with E-state index in [-0.39, 0.29) is 17.9 Å². The van der Waals surface area contributed by atoms with Gasteiger partial charge in [0, 0.05) is 20.2 Å². The van der Waals surface area contributed by atoms with E-state index in [2.05, 4.69) is 0 Å². The summed E-state index contributed by atoms with van der Waals surface area (Å²) < 4.78 is 5.52. The van der Waals surface area contributed by atoms with Crippen LogP contribution < -0.4 is 0 Å². The maximum absolute atomic E-state index is 12.4. The Morgan fingerprint density at radius 2 is 2.00 bits per heavy atom. The van der Waals surface area contributed by atoms with E-state index in [1.807, 2.05) is 6.92 Å². The summed E-state index contributed by atoms with van der Waals surface area (Å²) in [6.45, 7) is 3.37. The van der Waals surface area contributed by atoms with Gasteiger partial charge in [-0.2, -0.15) is 0 Å². The highest BCUT2D eigenvalue weighted by molar-refractivity contribution is 5.85. The van der Waals surface area contributed by atoms with E-state index in [1.54, 1.807) is 11.9 Å². The predicted octanol–water partition coefficient (Wildman–Crippen LogP) is 1.37. The first-order valence-electron chi connectivity index (χ1n) is 7.08. The lowest BCUT2D eigenvalue weighted by molar-refractivity contribution is -0.149. The van der Waals surface area contributed by atoms with E-state index >= 15 is 0 Å². The number of aliphatic carboxylic acids is 1. The number of nitrogens with zero attached hydrogens (tertiary/aromatic N) is 1. The van der Waals surface area contributed by atoms with E-state index in [9.17, 15) is 14.7 Å². The fourth-order valence-corrected chi connectivity index (χ4v) is 3.30. The molecule has 1 aliphatic heterocycles. The molecule has 0 spiro atoms. The summed E-state index contributed by atoms with van der Waals surface area (Å²) in [5, 5.41) is 9.22. The predicted molar refractivity (Wildman–Crippen MR) is 69.6 cm³/mol. The van der Waals surface area contributed by atoms with Crippen molar-refractivity contribution >= 4 is 11.9 Å². The third kappa shape index (κ3) is 3.26. The minimum absolute atomic E-state index is 0.0350. The largest absolute Gasteiger partial charge is 0.481 e. The van der Waals surface area contributed by atoms with Crippen molar-refractivity contribution in [2.75, 3.05) is 20.2 Å². The second-order valence-electron chi connectivity index (χ2n) is 5.98. The van der Waals surface area contributed by atoms with Gasteiger partial charge in [-0.05, 0) is 31.6 Å². The van der Waals surface area contributed by atoms with Crippen LogP contribution in [0.4, 0.5) is 0 Å². The molecule has 19 heavy (non-hydrogen) atoms. The van der Waals surface area contributed by atoms with Gasteiger partial charge in [0.2, 0.25) is 5.91 Å². The smallest absolute Gasteiger partial charge is 0.307 e. The number of carbonyl (C=O) groups is 2. The number of ether oxygens (including phenoxy) is 1. The maximum Gasteiger partial charge on any atom is 0.307 e. The van der Waals surface area contributed by atoms with Gasteiger partial charge in [-0.15, -0.1) is 0 Å². The molecule has 1 heterocycles. The van der Waals surface area contributed by atoms with Gasteiger partial charge in [-0.3, -0.25) is 9.59 Å². The number of amides is 1. The van der Waals surface area contributed by atoms with Crippen LogP contribution in [-0.4, -0.2) is 48.2 Å². The number of carboxylic acids is 1. The minimum atomic E-state index is -0.840. The number of hydrogen-bond donors (Lipinski definition) is 1. The van der Waals surface area contributed by atoms with Gasteiger partial charge < -0.3 is 14.7 Å². The van der Waals surface area contributed by atoms with E-state index in [4.69, 9.17) is 4.74 Å². The van der Waals surface area contributed by atoms with Crippen molar-refractivity contribution in [3.8, 4) is 0 Å². The molecule has 0 aromatic rings. The standard InChI is InChI=1S/C14H23NO4/c1-9-6-11(12(7-9)14(17)18)13(16)15(2)8-10-4-3-5-19-10/h9-12H,3-8H2,1-2H3,(H,17,18)/t9?,10?,11-,12+/m0/s1. The van der Waals surface area contributed by atoms with Crippen LogP contribution in [0.15, 0.2) is 0 Å². The highest BCUT2D eigenvalue weighted by Gasteiger charge is 2.42. The monoisotopic (exact) mass is 269 g/mol. The molecular formula is C14H23NO4. The average molecular weight is 269 g/mol. The van der Waals surface area contributed by atoms with Crippen molar-refractivity contribution in [1.82, 2.24) is 4.90 Å². The molecule has 108 valence electrons. The minimum Gasteiger partial charge on any atom is -0.481 e. The zero-order chi connectivity index (χ0) is 14.0. The molecule has 0 radical (unpaired) electrons. The molecule has 5 heteroatoms. The van der Waals surface area contributed by atoms with E-state index in [0.29, 0.717) is 25.3 Å². The van der Waals surface area contributed by atoms with E-state index in [0.717, 1.165) is 19.4 Å². The van der Waals surface area contributed by atoms with Gasteiger partial charge in [0.05, 0.1) is 17.9 Å². The molecule has 2 unspecified atom stereocenters. The summed E-state index contributed by atoms with van der Waals surface area (Å²) in [6, 6.07) is 0. The lowest BCUT2D eigenvalue weighted by atomic mass is 9.95. The van der Waals surface area contributed by atoms with Crippen molar-refractivity contribution in [3.63, 3.8) is 0 Å². The fraction of sp³-hybridized carbons (Fsp3) is 0.857. The number of carbonyl (C=O) groups excluding carboxylic acids is 1. The van der Waals surface area contributed by atoms with Gasteiger partial charge in [0.15, 0.2) is 0 Å². The van der Waals surface area contributed by atoms with Crippen molar-refractivity contribution in [2.45, 2.75) is 38.7 Å². The van der Waals surface area contributed by atoms with Crippen LogP contribution >= 0.6 is 0 Å². The van der Waals surface area contributed by atoms with Crippen LogP contribution in [0.25, 0.3) is 0 Å². The van der Waals surface area contributed by atoms with Crippen LogP contribution in [-0.2, 0) is 14.3 Å². The van der Waals surface area contributed by atoms with Crippen LogP contribution in [0.2, 0.25) is 0 Å². The third-order valence-electron chi connectivity index (χ3n) is 4.31. The Morgan fingerprint density at radius 1 is 1.32 bits per heavy atom. The number of rotatable bonds is 4. The second kappa shape index (κ2) is 5.90. The molecule has 1 saturated heterocycles. The zero-order valence-corrected chi connectivity index (χ0v) is 11.7. The van der Waals surface area contributed by atoms with Crippen molar-refractivity contribution in [2.24, 2.45) is 17.8 Å². The molecule has 0 bridgehead atoms. The molecule has 2 fully saturated rings. The van der Waals surface area contributed by atoms with Gasteiger partial charge in [0.1, 0.15) is 0 Å². The molecule has 0 aromatic heterocycles. The molecule has 1 amide bonds. The highest BCUT2D eigenvalue weighted by atomic mass is 16.5. The first-order valence-corrected chi connectivity index (χ1v) is 7.08. The zero-order valence-electron chi connectivity index (χ0n) is 11.7. The first kappa shape index (κ1) is 14.3. The van der Waals surface area contributed by atoms with Crippen molar-refractivity contribution in [3.05, 3.63) is 0 Å². The van der Waals surface area contributed by atoms with Crippen molar-refractivity contribution in [1.29, 1.82) is 0 Å². The Balaban J connectivity index is 1.95. The molecular weight excluding hydrogens is 246 g/mol. The van der Waals surface area contributed by atoms with Crippen LogP contribution in [0.1, 0.15) is 32.6 Å². The summed E-state index contributed by atoms with van der Waals surface area (Å²) >= 11 is 0. The molecule has 4 atom stereocenters. The Hall–Kier alpha value is -1.10. The molecule has 1 saturated carbocycles. The molecule has 1 N–H and O–H groups in total. The summed E-state index contributed by atoms with van der Waals surface area (Å²) in [4.78, 5) is 25.3. The second-order valence-corrected chi connectivity index (χ2v) is 5.98. The summed E-state index contributed by atoms with van der Waals surface area (Å²) in [6.07, 6.45) is 3.45. The average Bonchev–Trinajstić information content (AvgIpc) is 2.97. The van der Waals surface area contributed by atoms with E-state index in [1.165, 1.54) is 0 Å². The van der Waals surface area contributed by atoms with Gasteiger partial charge in [-0.1, -0.05) is 6.92 Å². The fourth-order valence-electron chi connectivity index (χ4n) is 3.30. The lowest BCUT2D eigenvalue weighted by Crippen LogP contribution is -2.40. The topological polar surface area (TPSA) is 66.8 Å². The molecule has 0 aromatic carbocycles. The molecule has 2 aliphatic rings. The Labute approximate surface area is 113 Å². The van der Waals surface area contributed by atoms with Gasteiger partial charge in [0.25, 0.3) is 0 Å². The third-order valence-corrected chi connectivity index (χ3v) is 4.31. The number of hydrogen-bond acceptors (Lipinski definition) is 3. The highest BCUT2D eigenvalue weighted by Crippen LogP contribution is 2.37. The lowest BCUT2D eigenvalue weighted by Gasteiger charge is -2.25. The van der Waals surface area contributed by atoms with Gasteiger partial charge >= 0.3 is 5.97 Å². The van der Waals surface area contributed by atoms with Crippen LogP contribution in [0.3, 0.4) is 0 Å². The Kier molecular flexibility index (Phi) is 4.45. The van der Waals surface area contributed by atoms with Crippen molar-refractivity contribution < 1.29 is 19.4 Å². The first-order chi connectivity index (χ1) is 8.99. The molecule has 5 nitrogen and oxygen atoms in total. The SMILES string of the molecule is CC1C[C@H](C(=O)N(C)CC2CCCO2)[C@H](C(=O)O)C1. The quantitative estimate of drug-likeness (QED) is 0.837. The molecule has 2 rings (SSSR count). The number of likely N-dealkylation sites (N-methyl/N-ethyl adjacent to an activating group) is 1. The Morgan fingerprint density at radius 3 is 2.58 bits per heavy atom. The molecule has 1 aliphatic carbocycles. The summed E-state index contributed by atoms with van der Waals surface area (Å²) in [5.41, 5.74) is 0. The van der Waals surface area contributed by atoms with Crippen LogP contribution in [0.5, 0.6) is 0 Å². The van der Waals surface area contributed by atoms with Gasteiger partial charge in [-0.25, -0.2) is 0 Å². The summed E-state index contributed by atoms with van der Waals surface area (Å²) in [7, 11) is 1.76. The Bertz CT molecular complexity index is 351. The van der Waals surface area contributed by atoms with Crippen LogP contribution in [0, 0.1) is 17.8 Å². The summed E-state index contributed by atoms with van der Waals surface area (Å²) in [5.74, 6) is -1.44. The van der Waals surface area contributed by atoms with E-state index < -0.39 is 11.9 Å². The maximum atomic E-state index is 12.4. The normalized spacial score (nSPS) is 34.4.